The first-order valence-electron chi connectivity index (χ1n) is 7.23. The second-order valence-electron chi connectivity index (χ2n) is 6.56. The van der Waals surface area contributed by atoms with E-state index in [1.165, 1.54) is 0 Å². The Balaban J connectivity index is 2.06. The fraction of sp³-hybridized carbons (Fsp3) is 0.500. The number of carbonyl (C=O) groups is 2. The van der Waals surface area contributed by atoms with Crippen LogP contribution in [0.5, 0.6) is 0 Å². The number of benzene rings is 1. The van der Waals surface area contributed by atoms with E-state index < -0.39 is 5.41 Å². The third-order valence-corrected chi connectivity index (χ3v) is 3.66. The standard InChI is InChI=1S/C16H23N3O2/c1-16(2,3)15(21)18-12-4-6-13(7-5-12)19-10-11(9-17)8-14(19)20/h4-7,11H,8-10,17H2,1-3H3,(H,18,21). The van der Waals surface area contributed by atoms with Crippen molar-refractivity contribution >= 4 is 23.2 Å². The van der Waals surface area contributed by atoms with Crippen molar-refractivity contribution < 1.29 is 9.59 Å². The molecule has 1 aliphatic rings. The molecule has 1 atom stereocenters. The van der Waals surface area contributed by atoms with Crippen LogP contribution >= 0.6 is 0 Å². The van der Waals surface area contributed by atoms with Crippen molar-refractivity contribution in [2.75, 3.05) is 23.3 Å². The summed E-state index contributed by atoms with van der Waals surface area (Å²) in [5.41, 5.74) is 6.79. The maximum absolute atomic E-state index is 11.9. The molecular formula is C16H23N3O2. The predicted octanol–water partition coefficient (Wildman–Crippen LogP) is 1.98. The minimum absolute atomic E-state index is 0.0318. The Morgan fingerprint density at radius 2 is 1.95 bits per heavy atom. The quantitative estimate of drug-likeness (QED) is 0.893. The van der Waals surface area contributed by atoms with E-state index in [-0.39, 0.29) is 17.7 Å². The largest absolute Gasteiger partial charge is 0.330 e. The Morgan fingerprint density at radius 3 is 2.43 bits per heavy atom. The molecule has 2 rings (SSSR count). The van der Waals surface area contributed by atoms with E-state index in [1.807, 2.05) is 45.0 Å². The van der Waals surface area contributed by atoms with Crippen LogP contribution in [0.4, 0.5) is 11.4 Å². The molecule has 2 amide bonds. The fourth-order valence-electron chi connectivity index (χ4n) is 2.23. The summed E-state index contributed by atoms with van der Waals surface area (Å²) in [7, 11) is 0. The number of amides is 2. The van der Waals surface area contributed by atoms with Gasteiger partial charge in [-0.25, -0.2) is 0 Å². The van der Waals surface area contributed by atoms with Crippen LogP contribution in [-0.4, -0.2) is 24.9 Å². The van der Waals surface area contributed by atoms with Gasteiger partial charge in [0.05, 0.1) is 0 Å². The molecule has 114 valence electrons. The first-order valence-corrected chi connectivity index (χ1v) is 7.23. The van der Waals surface area contributed by atoms with Crippen LogP contribution in [0.3, 0.4) is 0 Å². The lowest BCUT2D eigenvalue weighted by Crippen LogP contribution is -2.28. The minimum Gasteiger partial charge on any atom is -0.330 e. The van der Waals surface area contributed by atoms with E-state index in [4.69, 9.17) is 5.73 Å². The van der Waals surface area contributed by atoms with Gasteiger partial charge in [0.25, 0.3) is 0 Å². The lowest BCUT2D eigenvalue weighted by atomic mass is 9.95. The van der Waals surface area contributed by atoms with Crippen LogP contribution < -0.4 is 16.0 Å². The summed E-state index contributed by atoms with van der Waals surface area (Å²) in [5, 5.41) is 2.87. The normalized spacial score (nSPS) is 19.0. The Morgan fingerprint density at radius 1 is 1.33 bits per heavy atom. The number of hydrogen-bond acceptors (Lipinski definition) is 3. The maximum atomic E-state index is 11.9. The number of nitrogens with zero attached hydrogens (tertiary/aromatic N) is 1. The molecule has 0 aromatic heterocycles. The van der Waals surface area contributed by atoms with Gasteiger partial charge in [-0.2, -0.15) is 0 Å². The minimum atomic E-state index is -0.433. The predicted molar refractivity (Wildman–Crippen MR) is 84.0 cm³/mol. The summed E-state index contributed by atoms with van der Waals surface area (Å²) >= 11 is 0. The number of carbonyl (C=O) groups excluding carboxylic acids is 2. The van der Waals surface area contributed by atoms with Crippen molar-refractivity contribution in [1.82, 2.24) is 0 Å². The summed E-state index contributed by atoms with van der Waals surface area (Å²) in [6.07, 6.45) is 0.513. The highest BCUT2D eigenvalue weighted by molar-refractivity contribution is 5.97. The molecular weight excluding hydrogens is 266 g/mol. The monoisotopic (exact) mass is 289 g/mol. The average molecular weight is 289 g/mol. The highest BCUT2D eigenvalue weighted by atomic mass is 16.2. The third kappa shape index (κ3) is 3.61. The van der Waals surface area contributed by atoms with Crippen LogP contribution in [-0.2, 0) is 9.59 Å². The molecule has 1 aliphatic heterocycles. The van der Waals surface area contributed by atoms with Gasteiger partial charge in [0.15, 0.2) is 0 Å². The van der Waals surface area contributed by atoms with Crippen LogP contribution in [0, 0.1) is 11.3 Å². The van der Waals surface area contributed by atoms with E-state index in [1.54, 1.807) is 4.90 Å². The van der Waals surface area contributed by atoms with Gasteiger partial charge >= 0.3 is 0 Å². The van der Waals surface area contributed by atoms with Crippen molar-refractivity contribution in [2.24, 2.45) is 17.1 Å². The summed E-state index contributed by atoms with van der Waals surface area (Å²) in [5.74, 6) is 0.311. The second-order valence-corrected chi connectivity index (χ2v) is 6.56. The molecule has 0 aliphatic carbocycles. The summed E-state index contributed by atoms with van der Waals surface area (Å²) in [4.78, 5) is 25.6. The van der Waals surface area contributed by atoms with Crippen LogP contribution in [0.25, 0.3) is 0 Å². The van der Waals surface area contributed by atoms with E-state index >= 15 is 0 Å². The lowest BCUT2D eigenvalue weighted by Gasteiger charge is -2.19. The average Bonchev–Trinajstić information content (AvgIpc) is 2.80. The van der Waals surface area contributed by atoms with Crippen molar-refractivity contribution in [3.8, 4) is 0 Å². The molecule has 21 heavy (non-hydrogen) atoms. The van der Waals surface area contributed by atoms with Crippen LogP contribution in [0.15, 0.2) is 24.3 Å². The number of nitrogens with one attached hydrogen (secondary N) is 1. The zero-order chi connectivity index (χ0) is 15.6. The SMILES string of the molecule is CC(C)(C)C(=O)Nc1ccc(N2CC(CN)CC2=O)cc1. The van der Waals surface area contributed by atoms with Gasteiger partial charge in [0.2, 0.25) is 11.8 Å². The summed E-state index contributed by atoms with van der Waals surface area (Å²) in [6.45, 7) is 6.80. The van der Waals surface area contributed by atoms with Crippen molar-refractivity contribution in [3.63, 3.8) is 0 Å². The number of nitrogens with two attached hydrogens (primary N) is 1. The molecule has 1 heterocycles. The molecule has 3 N–H and O–H groups in total. The molecule has 0 bridgehead atoms. The van der Waals surface area contributed by atoms with Crippen molar-refractivity contribution in [2.45, 2.75) is 27.2 Å². The fourth-order valence-corrected chi connectivity index (χ4v) is 2.23. The number of rotatable bonds is 3. The smallest absolute Gasteiger partial charge is 0.229 e. The van der Waals surface area contributed by atoms with Gasteiger partial charge in [-0.05, 0) is 36.7 Å². The van der Waals surface area contributed by atoms with Gasteiger partial charge in [0, 0.05) is 29.8 Å². The van der Waals surface area contributed by atoms with E-state index in [0.717, 1.165) is 11.4 Å². The Bertz CT molecular complexity index is 531. The van der Waals surface area contributed by atoms with E-state index in [9.17, 15) is 9.59 Å². The molecule has 1 saturated heterocycles. The molecule has 0 spiro atoms. The zero-order valence-electron chi connectivity index (χ0n) is 12.8. The highest BCUT2D eigenvalue weighted by Gasteiger charge is 2.29. The van der Waals surface area contributed by atoms with Gasteiger partial charge in [0.1, 0.15) is 0 Å². The van der Waals surface area contributed by atoms with Crippen LogP contribution in [0.1, 0.15) is 27.2 Å². The van der Waals surface area contributed by atoms with Crippen molar-refractivity contribution in [3.05, 3.63) is 24.3 Å². The highest BCUT2D eigenvalue weighted by Crippen LogP contribution is 2.26. The first-order chi connectivity index (χ1) is 9.81. The lowest BCUT2D eigenvalue weighted by molar-refractivity contribution is -0.123. The molecule has 1 aromatic carbocycles. The number of hydrogen-bond donors (Lipinski definition) is 2. The Hall–Kier alpha value is -1.88. The second kappa shape index (κ2) is 5.85. The van der Waals surface area contributed by atoms with Crippen molar-refractivity contribution in [1.29, 1.82) is 0 Å². The molecule has 1 unspecified atom stereocenters. The molecule has 5 nitrogen and oxygen atoms in total. The maximum Gasteiger partial charge on any atom is 0.229 e. The molecule has 5 heteroatoms. The van der Waals surface area contributed by atoms with Gasteiger partial charge < -0.3 is 16.0 Å². The van der Waals surface area contributed by atoms with Crippen LogP contribution in [0.2, 0.25) is 0 Å². The van der Waals surface area contributed by atoms with E-state index in [0.29, 0.717) is 19.5 Å². The van der Waals surface area contributed by atoms with Gasteiger partial charge in [-0.3, -0.25) is 9.59 Å². The van der Waals surface area contributed by atoms with E-state index in [2.05, 4.69) is 5.32 Å². The summed E-state index contributed by atoms with van der Waals surface area (Å²) in [6, 6.07) is 7.36. The topological polar surface area (TPSA) is 75.4 Å². The summed E-state index contributed by atoms with van der Waals surface area (Å²) < 4.78 is 0. The first kappa shape index (κ1) is 15.5. The zero-order valence-corrected chi connectivity index (χ0v) is 12.8. The molecule has 0 saturated carbocycles. The van der Waals surface area contributed by atoms with Gasteiger partial charge in [-0.1, -0.05) is 20.8 Å². The Labute approximate surface area is 125 Å². The van der Waals surface area contributed by atoms with Gasteiger partial charge in [-0.15, -0.1) is 0 Å². The molecule has 1 fully saturated rings. The Kier molecular flexibility index (Phi) is 4.32. The molecule has 1 aromatic rings. The third-order valence-electron chi connectivity index (χ3n) is 3.66. The number of anilines is 2. The molecule has 0 radical (unpaired) electrons.